The molecule has 2 rings (SSSR count). The molecule has 3 nitrogen and oxygen atoms in total. The second-order valence-electron chi connectivity index (χ2n) is 3.99. The van der Waals surface area contributed by atoms with Crippen molar-refractivity contribution >= 4 is 36.2 Å². The van der Waals surface area contributed by atoms with Crippen molar-refractivity contribution in [2.24, 2.45) is 5.92 Å². The molecule has 1 saturated heterocycles. The van der Waals surface area contributed by atoms with Gasteiger partial charge >= 0.3 is 0 Å². The van der Waals surface area contributed by atoms with Gasteiger partial charge in [0, 0.05) is 43.3 Å². The Hall–Kier alpha value is -0.640. The van der Waals surface area contributed by atoms with Crippen LogP contribution in [0.2, 0.25) is 0 Å². The highest BCUT2D eigenvalue weighted by Gasteiger charge is 2.35. The van der Waals surface area contributed by atoms with E-state index in [0.29, 0.717) is 4.00 Å². The van der Waals surface area contributed by atoms with Crippen molar-refractivity contribution in [1.29, 1.82) is 0 Å². The van der Waals surface area contributed by atoms with Crippen LogP contribution in [0.4, 0.5) is 5.69 Å². The first kappa shape index (κ1) is 13.4. The Bertz CT molecular complexity index is 337. The molecule has 1 fully saturated rings. The zero-order chi connectivity index (χ0) is 10.7. The van der Waals surface area contributed by atoms with Crippen LogP contribution in [-0.4, -0.2) is 24.4 Å². The van der Waals surface area contributed by atoms with Gasteiger partial charge in [0.15, 0.2) is 17.5 Å². The fraction of sp³-hybridized carbons (Fsp3) is 0.455. The number of carbonyl (C=O) groups excluding carboxylic acids is 1. The molecule has 5 heteroatoms. The molecule has 1 aliphatic rings. The lowest BCUT2D eigenvalue weighted by Gasteiger charge is -2.34. The molecule has 1 aliphatic heterocycles. The minimum absolute atomic E-state index is 0. The molecule has 0 aliphatic carbocycles. The topological polar surface area (TPSA) is 30.0 Å². The largest absolute Gasteiger partial charge is 0.303 e. The van der Waals surface area contributed by atoms with Gasteiger partial charge < -0.3 is 4.79 Å². The van der Waals surface area contributed by atoms with Gasteiger partial charge in [0.2, 0.25) is 0 Å². The SMILES string of the molecule is Cl.O=CC1CC[N+](Cl)(c2ccncc2)CC1. The minimum Gasteiger partial charge on any atom is -0.303 e. The molecule has 0 amide bonds. The summed E-state index contributed by atoms with van der Waals surface area (Å²) in [6, 6.07) is 3.88. The molecule has 1 aromatic rings. The molecule has 2 heterocycles. The summed E-state index contributed by atoms with van der Waals surface area (Å²) >= 11 is 6.52. The van der Waals surface area contributed by atoms with E-state index in [0.717, 1.165) is 37.9 Å². The molecule has 16 heavy (non-hydrogen) atoms. The van der Waals surface area contributed by atoms with E-state index in [1.807, 2.05) is 12.1 Å². The first-order valence-corrected chi connectivity index (χ1v) is 5.51. The second kappa shape index (κ2) is 5.62. The molecular formula is C11H15Cl2N2O+. The Morgan fingerprint density at radius 3 is 2.38 bits per heavy atom. The monoisotopic (exact) mass is 261 g/mol. The number of hydrogen-bond donors (Lipinski definition) is 0. The zero-order valence-electron chi connectivity index (χ0n) is 8.88. The van der Waals surface area contributed by atoms with Crippen molar-refractivity contribution in [1.82, 2.24) is 8.99 Å². The molecule has 0 aromatic carbocycles. The average molecular weight is 262 g/mol. The highest BCUT2D eigenvalue weighted by atomic mass is 35.5. The number of quaternary nitrogens is 1. The van der Waals surface area contributed by atoms with E-state index < -0.39 is 0 Å². The first-order chi connectivity index (χ1) is 7.24. The molecular weight excluding hydrogens is 247 g/mol. The highest BCUT2D eigenvalue weighted by molar-refractivity contribution is 6.21. The van der Waals surface area contributed by atoms with Crippen LogP contribution in [0.5, 0.6) is 0 Å². The summed E-state index contributed by atoms with van der Waals surface area (Å²) in [5.41, 5.74) is 1.07. The number of pyridine rings is 1. The minimum atomic E-state index is 0. The van der Waals surface area contributed by atoms with Crippen LogP contribution in [0, 0.1) is 5.92 Å². The van der Waals surface area contributed by atoms with Gasteiger partial charge in [-0.3, -0.25) is 4.98 Å². The van der Waals surface area contributed by atoms with Crippen molar-refractivity contribution in [3.8, 4) is 0 Å². The normalized spacial score (nSPS) is 29.2. The Labute approximate surface area is 107 Å². The molecule has 0 radical (unpaired) electrons. The van der Waals surface area contributed by atoms with Crippen molar-refractivity contribution in [2.75, 3.05) is 13.1 Å². The van der Waals surface area contributed by atoms with Gasteiger partial charge in [-0.15, -0.1) is 12.4 Å². The van der Waals surface area contributed by atoms with Gasteiger partial charge in [-0.05, 0) is 0 Å². The van der Waals surface area contributed by atoms with E-state index in [1.165, 1.54) is 0 Å². The number of hydrogen-bond acceptors (Lipinski definition) is 2. The number of halogens is 2. The van der Waals surface area contributed by atoms with Crippen LogP contribution in [0.3, 0.4) is 0 Å². The lowest BCUT2D eigenvalue weighted by atomic mass is 9.98. The van der Waals surface area contributed by atoms with Crippen LogP contribution in [-0.2, 0) is 4.79 Å². The fourth-order valence-electron chi connectivity index (χ4n) is 2.00. The van der Waals surface area contributed by atoms with E-state index in [2.05, 4.69) is 4.98 Å². The fourth-order valence-corrected chi connectivity index (χ4v) is 2.31. The maximum Gasteiger partial charge on any atom is 0.171 e. The summed E-state index contributed by atoms with van der Waals surface area (Å²) in [5, 5.41) is 0. The molecule has 0 unspecified atom stereocenters. The van der Waals surface area contributed by atoms with Gasteiger partial charge in [-0.25, -0.2) is 0 Å². The predicted molar refractivity (Wildman–Crippen MR) is 67.7 cm³/mol. The molecule has 88 valence electrons. The van der Waals surface area contributed by atoms with Crippen LogP contribution < -0.4 is 4.00 Å². The Morgan fingerprint density at radius 2 is 1.88 bits per heavy atom. The first-order valence-electron chi connectivity index (χ1n) is 5.17. The summed E-state index contributed by atoms with van der Waals surface area (Å²) in [5.74, 6) is 0.192. The number of carbonyl (C=O) groups is 1. The zero-order valence-corrected chi connectivity index (χ0v) is 10.5. The lowest BCUT2D eigenvalue weighted by molar-refractivity contribution is -0.111. The smallest absolute Gasteiger partial charge is 0.171 e. The Morgan fingerprint density at radius 1 is 1.31 bits per heavy atom. The lowest BCUT2D eigenvalue weighted by Crippen LogP contribution is -2.46. The van der Waals surface area contributed by atoms with Crippen LogP contribution in [0.25, 0.3) is 0 Å². The van der Waals surface area contributed by atoms with E-state index in [9.17, 15) is 4.79 Å². The molecule has 0 N–H and O–H groups in total. The van der Waals surface area contributed by atoms with Crippen molar-refractivity contribution < 1.29 is 4.79 Å². The molecule has 0 spiro atoms. The number of rotatable bonds is 2. The van der Waals surface area contributed by atoms with Crippen molar-refractivity contribution in [3.63, 3.8) is 0 Å². The summed E-state index contributed by atoms with van der Waals surface area (Å²) in [6.45, 7) is 1.63. The summed E-state index contributed by atoms with van der Waals surface area (Å²) in [4.78, 5) is 14.6. The second-order valence-corrected chi connectivity index (χ2v) is 4.64. The van der Waals surface area contributed by atoms with Crippen LogP contribution in [0.15, 0.2) is 24.5 Å². The summed E-state index contributed by atoms with van der Waals surface area (Å²) in [7, 11) is 0. The van der Waals surface area contributed by atoms with Gasteiger partial charge in [-0.2, -0.15) is 4.00 Å². The third-order valence-electron chi connectivity index (χ3n) is 3.03. The maximum atomic E-state index is 10.6. The highest BCUT2D eigenvalue weighted by Crippen LogP contribution is 2.32. The van der Waals surface area contributed by atoms with E-state index in [-0.39, 0.29) is 18.3 Å². The third kappa shape index (κ3) is 2.73. The van der Waals surface area contributed by atoms with Crippen LogP contribution in [0.1, 0.15) is 12.8 Å². The quantitative estimate of drug-likeness (QED) is 0.605. The molecule has 0 atom stereocenters. The van der Waals surface area contributed by atoms with E-state index >= 15 is 0 Å². The predicted octanol–water partition coefficient (Wildman–Crippen LogP) is 2.57. The Balaban J connectivity index is 0.00000128. The van der Waals surface area contributed by atoms with Crippen molar-refractivity contribution in [3.05, 3.63) is 24.5 Å². The molecule has 0 saturated carbocycles. The van der Waals surface area contributed by atoms with Gasteiger partial charge in [-0.1, -0.05) is 0 Å². The van der Waals surface area contributed by atoms with Crippen LogP contribution >= 0.6 is 24.2 Å². The number of aldehydes is 1. The number of aromatic nitrogens is 1. The summed E-state index contributed by atoms with van der Waals surface area (Å²) in [6.07, 6.45) is 6.30. The average Bonchev–Trinajstić information content (AvgIpc) is 2.31. The van der Waals surface area contributed by atoms with Crippen molar-refractivity contribution in [2.45, 2.75) is 12.8 Å². The molecule has 1 aromatic heterocycles. The Kier molecular flexibility index (Phi) is 4.71. The standard InChI is InChI=1S/C11H14ClN2O.ClH/c12-14(11-1-5-13-6-2-11)7-3-10(9-15)4-8-14;/h1-2,5-6,9-10H,3-4,7-8H2;1H/q+1;. The van der Waals surface area contributed by atoms with E-state index in [4.69, 9.17) is 11.8 Å². The van der Waals surface area contributed by atoms with Gasteiger partial charge in [0.25, 0.3) is 0 Å². The number of nitrogens with zero attached hydrogens (tertiary/aromatic N) is 2. The molecule has 0 bridgehead atoms. The van der Waals surface area contributed by atoms with E-state index in [1.54, 1.807) is 12.4 Å². The summed E-state index contributed by atoms with van der Waals surface area (Å²) < 4.78 is 0.410. The third-order valence-corrected chi connectivity index (χ3v) is 3.56. The van der Waals surface area contributed by atoms with Gasteiger partial charge in [0.1, 0.15) is 19.4 Å². The van der Waals surface area contributed by atoms with Gasteiger partial charge in [0.05, 0.1) is 0 Å². The number of piperidine rings is 1. The maximum absolute atomic E-state index is 10.6.